The van der Waals surface area contributed by atoms with Crippen molar-refractivity contribution in [3.63, 3.8) is 0 Å². The number of hydrogen-bond donors (Lipinski definition) is 0. The van der Waals surface area contributed by atoms with Crippen molar-refractivity contribution in [3.8, 4) is 56.7 Å². The molecule has 9 aromatic rings. The van der Waals surface area contributed by atoms with Crippen LogP contribution in [0.2, 0.25) is 0 Å². The highest BCUT2D eigenvalue weighted by Gasteiger charge is 2.36. The van der Waals surface area contributed by atoms with E-state index in [0.717, 1.165) is 61.3 Å². The standard InChI is InChI=1S/C50H36N4S/c1-50(2)42-20-9-7-18-38(42)40-28-46-41(27-43(40)50)47-34(30-55-3)17-12-22-45(47)54(46)37-25-35(33-16-11-13-31(23-33)29-51)24-36(26-37)49-52-44-21-10-8-19-39(44)48(53-49)32-14-5-4-6-15-32/h4-28H,30H2,1-3H3. The molecule has 0 atom stereocenters. The zero-order valence-electron chi connectivity index (χ0n) is 30.8. The van der Waals surface area contributed by atoms with E-state index in [4.69, 9.17) is 9.97 Å². The molecule has 5 heteroatoms. The van der Waals surface area contributed by atoms with E-state index in [9.17, 15) is 5.26 Å². The van der Waals surface area contributed by atoms with Gasteiger partial charge in [0.2, 0.25) is 0 Å². The molecule has 0 unspecified atom stereocenters. The maximum absolute atomic E-state index is 9.90. The molecule has 0 fully saturated rings. The van der Waals surface area contributed by atoms with Gasteiger partial charge in [-0.2, -0.15) is 17.0 Å². The molecule has 7 aromatic carbocycles. The van der Waals surface area contributed by atoms with Crippen LogP contribution in [0.3, 0.4) is 0 Å². The third kappa shape index (κ3) is 5.28. The van der Waals surface area contributed by atoms with E-state index in [-0.39, 0.29) is 5.41 Å². The summed E-state index contributed by atoms with van der Waals surface area (Å²) in [4.78, 5) is 10.5. The largest absolute Gasteiger partial charge is 0.309 e. The molecular formula is C50H36N4S. The van der Waals surface area contributed by atoms with Gasteiger partial charge in [-0.05, 0) is 99.8 Å². The molecule has 2 aromatic heterocycles. The Kier molecular flexibility index (Phi) is 7.73. The van der Waals surface area contributed by atoms with Crippen molar-refractivity contribution >= 4 is 44.5 Å². The number of benzene rings is 7. The highest BCUT2D eigenvalue weighted by Crippen LogP contribution is 2.51. The minimum Gasteiger partial charge on any atom is -0.309 e. The van der Waals surface area contributed by atoms with Gasteiger partial charge in [-0.3, -0.25) is 0 Å². The van der Waals surface area contributed by atoms with Crippen LogP contribution in [0.5, 0.6) is 0 Å². The van der Waals surface area contributed by atoms with Gasteiger partial charge in [0.15, 0.2) is 5.82 Å². The van der Waals surface area contributed by atoms with Gasteiger partial charge in [-0.1, -0.05) is 111 Å². The molecule has 4 nitrogen and oxygen atoms in total. The van der Waals surface area contributed by atoms with E-state index in [0.29, 0.717) is 11.4 Å². The van der Waals surface area contributed by atoms with Gasteiger partial charge in [-0.25, -0.2) is 9.97 Å². The Morgan fingerprint density at radius 3 is 2.24 bits per heavy atom. The lowest BCUT2D eigenvalue weighted by Crippen LogP contribution is -2.14. The highest BCUT2D eigenvalue weighted by atomic mass is 32.2. The Hall–Kier alpha value is -6.48. The van der Waals surface area contributed by atoms with Crippen molar-refractivity contribution in [2.24, 2.45) is 0 Å². The Balaban J connectivity index is 1.30. The van der Waals surface area contributed by atoms with Crippen molar-refractivity contribution in [1.29, 1.82) is 5.26 Å². The van der Waals surface area contributed by atoms with Crippen molar-refractivity contribution in [2.75, 3.05) is 6.26 Å². The zero-order valence-corrected chi connectivity index (χ0v) is 31.7. The van der Waals surface area contributed by atoms with Gasteiger partial charge < -0.3 is 4.57 Å². The van der Waals surface area contributed by atoms with Crippen molar-refractivity contribution in [1.82, 2.24) is 14.5 Å². The second kappa shape index (κ2) is 12.8. The molecule has 0 spiro atoms. The fourth-order valence-corrected chi connectivity index (χ4v) is 9.27. The van der Waals surface area contributed by atoms with Crippen LogP contribution in [0.25, 0.3) is 83.3 Å². The van der Waals surface area contributed by atoms with E-state index in [2.05, 4.69) is 146 Å². The van der Waals surface area contributed by atoms with E-state index in [1.165, 1.54) is 38.6 Å². The van der Waals surface area contributed by atoms with Crippen LogP contribution >= 0.6 is 11.8 Å². The average Bonchev–Trinajstić information content (AvgIpc) is 3.68. The third-order valence-electron chi connectivity index (χ3n) is 11.3. The quantitative estimate of drug-likeness (QED) is 0.171. The van der Waals surface area contributed by atoms with Gasteiger partial charge in [0.25, 0.3) is 0 Å². The minimum atomic E-state index is -0.119. The van der Waals surface area contributed by atoms with Gasteiger partial charge >= 0.3 is 0 Å². The molecule has 0 saturated carbocycles. The predicted molar refractivity (Wildman–Crippen MR) is 230 cm³/mol. The lowest BCUT2D eigenvalue weighted by Gasteiger charge is -2.21. The van der Waals surface area contributed by atoms with Crippen LogP contribution < -0.4 is 0 Å². The number of nitriles is 1. The summed E-state index contributed by atoms with van der Waals surface area (Å²) >= 11 is 1.85. The van der Waals surface area contributed by atoms with Crippen LogP contribution in [-0.2, 0) is 11.2 Å². The lowest BCUT2D eigenvalue weighted by atomic mass is 9.82. The normalized spacial score (nSPS) is 12.9. The third-order valence-corrected chi connectivity index (χ3v) is 11.9. The van der Waals surface area contributed by atoms with Gasteiger partial charge in [0.1, 0.15) is 0 Å². The van der Waals surface area contributed by atoms with Crippen molar-refractivity contribution < 1.29 is 0 Å². The molecule has 1 aliphatic rings. The molecule has 0 amide bonds. The summed E-state index contributed by atoms with van der Waals surface area (Å²) in [5.41, 5.74) is 16.2. The van der Waals surface area contributed by atoms with E-state index >= 15 is 0 Å². The number of nitrogens with zero attached hydrogens (tertiary/aromatic N) is 4. The number of thioether (sulfide) groups is 1. The number of hydrogen-bond acceptors (Lipinski definition) is 4. The Labute approximate surface area is 324 Å². The first-order chi connectivity index (χ1) is 26.9. The summed E-state index contributed by atoms with van der Waals surface area (Å²) in [6.07, 6.45) is 2.17. The monoisotopic (exact) mass is 724 g/mol. The smallest absolute Gasteiger partial charge is 0.160 e. The zero-order chi connectivity index (χ0) is 37.3. The first-order valence-electron chi connectivity index (χ1n) is 18.6. The number of para-hydroxylation sites is 1. The highest BCUT2D eigenvalue weighted by molar-refractivity contribution is 7.97. The van der Waals surface area contributed by atoms with Gasteiger partial charge in [0, 0.05) is 44.1 Å². The second-order valence-corrected chi connectivity index (χ2v) is 15.8. The Morgan fingerprint density at radius 1 is 0.618 bits per heavy atom. The molecule has 0 aliphatic heterocycles. The first kappa shape index (κ1) is 33.1. The topological polar surface area (TPSA) is 54.5 Å². The number of aromatic nitrogens is 3. The van der Waals surface area contributed by atoms with Gasteiger partial charge in [0.05, 0.1) is 33.9 Å². The first-order valence-corrected chi connectivity index (χ1v) is 20.0. The lowest BCUT2D eigenvalue weighted by molar-refractivity contribution is 0.661. The summed E-state index contributed by atoms with van der Waals surface area (Å²) in [5, 5.41) is 13.5. The fraction of sp³-hybridized carbons (Fsp3) is 0.100. The van der Waals surface area contributed by atoms with E-state index in [1.54, 1.807) is 0 Å². The summed E-state index contributed by atoms with van der Waals surface area (Å²) < 4.78 is 2.43. The summed E-state index contributed by atoms with van der Waals surface area (Å²) in [5.74, 6) is 1.56. The van der Waals surface area contributed by atoms with Crippen LogP contribution in [-0.4, -0.2) is 20.8 Å². The molecule has 1 aliphatic carbocycles. The maximum Gasteiger partial charge on any atom is 0.160 e. The molecular weight excluding hydrogens is 689 g/mol. The Bertz CT molecular complexity index is 3040. The summed E-state index contributed by atoms with van der Waals surface area (Å²) in [6.45, 7) is 4.70. The van der Waals surface area contributed by atoms with Crippen molar-refractivity contribution in [2.45, 2.75) is 25.0 Å². The number of rotatable bonds is 6. The minimum absolute atomic E-state index is 0.119. The van der Waals surface area contributed by atoms with Crippen LogP contribution in [0.4, 0.5) is 0 Å². The SMILES string of the molecule is CSCc1cccc2c1c1cc3c(cc1n2-c1cc(-c2cccc(C#N)c2)cc(-c2nc(-c4ccccc4)c4ccccc4n2)c1)-c1ccccc1C3(C)C. The van der Waals surface area contributed by atoms with Crippen LogP contribution in [0.15, 0.2) is 152 Å². The van der Waals surface area contributed by atoms with Crippen molar-refractivity contribution in [3.05, 3.63) is 174 Å². The van der Waals surface area contributed by atoms with E-state index < -0.39 is 0 Å². The molecule has 0 radical (unpaired) electrons. The van der Waals surface area contributed by atoms with Crippen LogP contribution in [0, 0.1) is 11.3 Å². The second-order valence-electron chi connectivity index (χ2n) is 14.9. The Morgan fingerprint density at radius 2 is 1.38 bits per heavy atom. The summed E-state index contributed by atoms with van der Waals surface area (Å²) in [7, 11) is 0. The molecule has 262 valence electrons. The van der Waals surface area contributed by atoms with Crippen LogP contribution in [0.1, 0.15) is 36.1 Å². The molecule has 2 heterocycles. The van der Waals surface area contributed by atoms with Gasteiger partial charge in [-0.15, -0.1) is 0 Å². The predicted octanol–water partition coefficient (Wildman–Crippen LogP) is 12.8. The molecule has 10 rings (SSSR count). The fourth-order valence-electron chi connectivity index (χ4n) is 8.72. The summed E-state index contributed by atoms with van der Waals surface area (Å²) in [6, 6.07) is 55.9. The number of fused-ring (bicyclic) bond motifs is 7. The molecule has 55 heavy (non-hydrogen) atoms. The maximum atomic E-state index is 9.90. The molecule has 0 N–H and O–H groups in total. The molecule has 0 saturated heterocycles. The average molecular weight is 725 g/mol. The van der Waals surface area contributed by atoms with E-state index in [1.807, 2.05) is 48.2 Å². The molecule has 0 bridgehead atoms.